The van der Waals surface area contributed by atoms with Crippen molar-refractivity contribution in [2.45, 2.75) is 31.8 Å². The number of benzene rings is 2. The number of fused-ring (bicyclic) bond motifs is 1. The Bertz CT molecular complexity index is 929. The first kappa shape index (κ1) is 16.6. The molecule has 2 amide bonds. The van der Waals surface area contributed by atoms with E-state index in [1.807, 2.05) is 29.5 Å². The van der Waals surface area contributed by atoms with Crippen molar-refractivity contribution in [1.29, 1.82) is 0 Å². The van der Waals surface area contributed by atoms with Gasteiger partial charge in [-0.25, -0.2) is 4.79 Å². The average Bonchev–Trinajstić information content (AvgIpc) is 3.30. The molecule has 0 saturated carbocycles. The number of aromatic nitrogens is 3. The van der Waals surface area contributed by atoms with Gasteiger partial charge in [0.05, 0.1) is 12.1 Å². The molecule has 0 spiro atoms. The first-order valence-electron chi connectivity index (χ1n) is 9.04. The fraction of sp³-hybridized carbons (Fsp3) is 0.350. The lowest BCUT2D eigenvalue weighted by Crippen LogP contribution is -2.41. The number of carbonyl (C=O) groups excluding carboxylic acids is 1. The van der Waals surface area contributed by atoms with E-state index < -0.39 is 0 Å². The minimum Gasteiger partial charge on any atom is -0.328 e. The summed E-state index contributed by atoms with van der Waals surface area (Å²) in [4.78, 5) is 14.9. The third-order valence-electron chi connectivity index (χ3n) is 5.17. The number of nitrogens with zero attached hydrogens (tertiary/aromatic N) is 4. The van der Waals surface area contributed by atoms with E-state index >= 15 is 0 Å². The molecule has 1 fully saturated rings. The summed E-state index contributed by atoms with van der Waals surface area (Å²) in [5.41, 5.74) is 1.22. The van der Waals surface area contributed by atoms with E-state index in [0.29, 0.717) is 0 Å². The van der Waals surface area contributed by atoms with Crippen LogP contribution in [0.4, 0.5) is 4.79 Å². The van der Waals surface area contributed by atoms with Gasteiger partial charge in [-0.05, 0) is 36.1 Å². The van der Waals surface area contributed by atoms with Crippen LogP contribution < -0.4 is 5.32 Å². The van der Waals surface area contributed by atoms with Crippen LogP contribution in [0.25, 0.3) is 10.8 Å². The smallest absolute Gasteiger partial charge is 0.318 e. The molecule has 4 rings (SSSR count). The van der Waals surface area contributed by atoms with Crippen molar-refractivity contribution in [2.24, 2.45) is 7.05 Å². The zero-order valence-electron chi connectivity index (χ0n) is 15.1. The first-order valence-corrected chi connectivity index (χ1v) is 9.04. The highest BCUT2D eigenvalue weighted by Gasteiger charge is 2.32. The fourth-order valence-electron chi connectivity index (χ4n) is 3.89. The molecule has 134 valence electrons. The average molecular weight is 349 g/mol. The van der Waals surface area contributed by atoms with Crippen molar-refractivity contribution in [3.8, 4) is 0 Å². The number of hydrogen-bond acceptors (Lipinski definition) is 3. The van der Waals surface area contributed by atoms with Gasteiger partial charge in [0.25, 0.3) is 0 Å². The zero-order chi connectivity index (χ0) is 18.1. The number of aryl methyl sites for hydroxylation is 1. The summed E-state index contributed by atoms with van der Waals surface area (Å²) < 4.78 is 1.83. The molecule has 0 radical (unpaired) electrons. The van der Waals surface area contributed by atoms with Crippen molar-refractivity contribution in [3.63, 3.8) is 0 Å². The van der Waals surface area contributed by atoms with Gasteiger partial charge in [0.15, 0.2) is 5.82 Å². The lowest BCUT2D eigenvalue weighted by atomic mass is 9.97. The molecule has 1 N–H and O–H groups in total. The second-order valence-corrected chi connectivity index (χ2v) is 6.89. The van der Waals surface area contributed by atoms with Gasteiger partial charge >= 0.3 is 6.03 Å². The molecule has 26 heavy (non-hydrogen) atoms. The standard InChI is InChI=1S/C20H23N5O/c1-14(19-23-21-13-24(19)2)22-20(26)25-12-6-11-18(25)17-10-5-8-15-7-3-4-9-16(15)17/h3-5,7-10,13-14,18H,6,11-12H2,1-2H3,(H,22,26)/t14-,18+/m0/s1. The number of carbonyl (C=O) groups is 1. The van der Waals surface area contributed by atoms with Crippen molar-refractivity contribution in [3.05, 3.63) is 60.2 Å². The third-order valence-corrected chi connectivity index (χ3v) is 5.17. The van der Waals surface area contributed by atoms with Crippen molar-refractivity contribution in [1.82, 2.24) is 25.0 Å². The Balaban J connectivity index is 1.58. The topological polar surface area (TPSA) is 63.1 Å². The number of rotatable bonds is 3. The van der Waals surface area contributed by atoms with E-state index in [2.05, 4.69) is 51.9 Å². The van der Waals surface area contributed by atoms with Crippen LogP contribution in [-0.4, -0.2) is 32.2 Å². The molecular formula is C20H23N5O. The van der Waals surface area contributed by atoms with Gasteiger partial charge in [0, 0.05) is 13.6 Å². The number of hydrogen-bond donors (Lipinski definition) is 1. The number of nitrogens with one attached hydrogen (secondary N) is 1. The quantitative estimate of drug-likeness (QED) is 0.786. The Morgan fingerprint density at radius 3 is 2.85 bits per heavy atom. The highest BCUT2D eigenvalue weighted by Crippen LogP contribution is 2.36. The Kier molecular flexibility index (Phi) is 4.32. The van der Waals surface area contributed by atoms with E-state index in [1.54, 1.807) is 6.33 Å². The second-order valence-electron chi connectivity index (χ2n) is 6.89. The van der Waals surface area contributed by atoms with Gasteiger partial charge in [0.2, 0.25) is 0 Å². The number of amides is 2. The summed E-state index contributed by atoms with van der Waals surface area (Å²) in [5, 5.41) is 13.5. The number of urea groups is 1. The molecule has 2 heterocycles. The van der Waals surface area contributed by atoms with Crippen molar-refractivity contribution >= 4 is 16.8 Å². The van der Waals surface area contributed by atoms with Gasteiger partial charge in [-0.2, -0.15) is 0 Å². The van der Waals surface area contributed by atoms with Crippen LogP contribution in [0.5, 0.6) is 0 Å². The summed E-state index contributed by atoms with van der Waals surface area (Å²) in [7, 11) is 1.88. The monoisotopic (exact) mass is 349 g/mol. The zero-order valence-corrected chi connectivity index (χ0v) is 15.1. The predicted octanol–water partition coefficient (Wildman–Crippen LogP) is 3.58. The van der Waals surface area contributed by atoms with E-state index in [4.69, 9.17) is 0 Å². The molecule has 0 aliphatic carbocycles. The maximum absolute atomic E-state index is 12.9. The van der Waals surface area contributed by atoms with Crippen molar-refractivity contribution < 1.29 is 4.79 Å². The van der Waals surface area contributed by atoms with Gasteiger partial charge in [-0.1, -0.05) is 42.5 Å². The second kappa shape index (κ2) is 6.78. The lowest BCUT2D eigenvalue weighted by Gasteiger charge is -2.27. The predicted molar refractivity (Wildman–Crippen MR) is 101 cm³/mol. The van der Waals surface area contributed by atoms with Crippen LogP contribution in [0.1, 0.15) is 43.2 Å². The molecule has 0 unspecified atom stereocenters. The van der Waals surface area contributed by atoms with Crippen LogP contribution in [0.15, 0.2) is 48.8 Å². The molecule has 1 aliphatic rings. The molecule has 6 nitrogen and oxygen atoms in total. The molecule has 3 aromatic rings. The molecule has 2 atom stereocenters. The summed E-state index contributed by atoms with van der Waals surface area (Å²) in [6.07, 6.45) is 3.65. The molecule has 6 heteroatoms. The maximum atomic E-state index is 12.9. The summed E-state index contributed by atoms with van der Waals surface area (Å²) in [6, 6.07) is 14.6. The van der Waals surface area contributed by atoms with Crippen LogP contribution in [-0.2, 0) is 7.05 Å². The fourth-order valence-corrected chi connectivity index (χ4v) is 3.89. The summed E-state index contributed by atoms with van der Waals surface area (Å²) >= 11 is 0. The highest BCUT2D eigenvalue weighted by molar-refractivity contribution is 5.87. The first-order chi connectivity index (χ1) is 12.6. The minimum absolute atomic E-state index is 0.0454. The summed E-state index contributed by atoms with van der Waals surface area (Å²) in [5.74, 6) is 0.749. The molecule has 1 aliphatic heterocycles. The SMILES string of the molecule is C[C@H](NC(=O)N1CCC[C@@H]1c1cccc2ccccc12)c1nncn1C. The van der Waals surface area contributed by atoms with E-state index in [9.17, 15) is 4.79 Å². The molecular weight excluding hydrogens is 326 g/mol. The third kappa shape index (κ3) is 2.92. The van der Waals surface area contributed by atoms with Gasteiger partial charge in [-0.3, -0.25) is 0 Å². The van der Waals surface area contributed by atoms with Gasteiger partial charge < -0.3 is 14.8 Å². The molecule has 2 aromatic carbocycles. The molecule has 1 aromatic heterocycles. The largest absolute Gasteiger partial charge is 0.328 e. The van der Waals surface area contributed by atoms with Gasteiger partial charge in [0.1, 0.15) is 6.33 Å². The highest BCUT2D eigenvalue weighted by atomic mass is 16.2. The van der Waals surface area contributed by atoms with Gasteiger partial charge in [-0.15, -0.1) is 10.2 Å². The van der Waals surface area contributed by atoms with Crippen LogP contribution in [0, 0.1) is 0 Å². The Labute approximate surface area is 152 Å². The number of likely N-dealkylation sites (tertiary alicyclic amines) is 1. The Morgan fingerprint density at radius 1 is 1.23 bits per heavy atom. The van der Waals surface area contributed by atoms with Crippen LogP contribution in [0.2, 0.25) is 0 Å². The maximum Gasteiger partial charge on any atom is 0.318 e. The molecule has 0 bridgehead atoms. The Morgan fingerprint density at radius 2 is 2.04 bits per heavy atom. The lowest BCUT2D eigenvalue weighted by molar-refractivity contribution is 0.189. The van der Waals surface area contributed by atoms with Crippen molar-refractivity contribution in [2.75, 3.05) is 6.54 Å². The normalized spacial score (nSPS) is 18.2. The molecule has 1 saturated heterocycles. The van der Waals surface area contributed by atoms with E-state index in [-0.39, 0.29) is 18.1 Å². The van der Waals surface area contributed by atoms with Crippen LogP contribution in [0.3, 0.4) is 0 Å². The Hall–Kier alpha value is -2.89. The summed E-state index contributed by atoms with van der Waals surface area (Å²) in [6.45, 7) is 2.70. The van der Waals surface area contributed by atoms with E-state index in [0.717, 1.165) is 25.2 Å². The van der Waals surface area contributed by atoms with E-state index in [1.165, 1.54) is 16.3 Å². The van der Waals surface area contributed by atoms with Crippen LogP contribution >= 0.6 is 0 Å². The minimum atomic E-state index is -0.191.